The number of methoxy groups -OCH3 is 1. The van der Waals surface area contributed by atoms with Crippen LogP contribution < -0.4 is 15.4 Å². The van der Waals surface area contributed by atoms with Crippen LogP contribution in [0.3, 0.4) is 0 Å². The van der Waals surface area contributed by atoms with Gasteiger partial charge >= 0.3 is 6.18 Å². The molecule has 4 rings (SSSR count). The molecule has 34 heavy (non-hydrogen) atoms. The molecule has 1 aliphatic heterocycles. The van der Waals surface area contributed by atoms with Crippen molar-refractivity contribution < 1.29 is 27.6 Å². The molecule has 13 heteroatoms. The van der Waals surface area contributed by atoms with Crippen molar-refractivity contribution >= 4 is 39.0 Å². The first-order valence-electron chi connectivity index (χ1n) is 9.88. The summed E-state index contributed by atoms with van der Waals surface area (Å²) in [6.45, 7) is 0. The summed E-state index contributed by atoms with van der Waals surface area (Å²) < 4.78 is 48.1. The number of hydrogen-bond acceptors (Lipinski definition) is 6. The van der Waals surface area contributed by atoms with Crippen LogP contribution in [0.5, 0.6) is 5.75 Å². The number of halogens is 4. The monoisotopic (exact) mass is 539 g/mol. The van der Waals surface area contributed by atoms with Gasteiger partial charge < -0.3 is 15.4 Å². The van der Waals surface area contributed by atoms with E-state index in [1.54, 1.807) is 24.3 Å². The Bertz CT molecular complexity index is 1250. The van der Waals surface area contributed by atoms with Gasteiger partial charge in [-0.25, -0.2) is 4.68 Å². The topological polar surface area (TPSA) is 111 Å². The van der Waals surface area contributed by atoms with Crippen LogP contribution in [-0.2, 0) is 0 Å². The molecular formula is C21H17BrF3N5O4. The molecule has 1 aromatic heterocycles. The van der Waals surface area contributed by atoms with Crippen molar-refractivity contribution in [2.75, 3.05) is 17.7 Å². The number of hydrogen-bond donors (Lipinski definition) is 2. The first-order valence-corrected chi connectivity index (χ1v) is 10.7. The van der Waals surface area contributed by atoms with Crippen LogP contribution >= 0.6 is 15.9 Å². The van der Waals surface area contributed by atoms with Crippen LogP contribution in [-0.4, -0.2) is 33.9 Å². The largest absolute Gasteiger partial charge is 0.496 e. The zero-order valence-electron chi connectivity index (χ0n) is 17.5. The van der Waals surface area contributed by atoms with Crippen molar-refractivity contribution in [3.63, 3.8) is 0 Å². The lowest BCUT2D eigenvalue weighted by Gasteiger charge is -2.34. The highest BCUT2D eigenvalue weighted by Gasteiger charge is 2.47. The highest BCUT2D eigenvalue weighted by atomic mass is 79.9. The van der Waals surface area contributed by atoms with Crippen molar-refractivity contribution in [3.05, 3.63) is 74.4 Å². The Morgan fingerprint density at radius 1 is 1.29 bits per heavy atom. The summed E-state index contributed by atoms with van der Waals surface area (Å²) in [4.78, 5) is 23.5. The van der Waals surface area contributed by atoms with E-state index < -0.39 is 29.1 Å². The fourth-order valence-electron chi connectivity index (χ4n) is 3.72. The number of alkyl halides is 3. The molecule has 2 heterocycles. The van der Waals surface area contributed by atoms with Gasteiger partial charge in [0.2, 0.25) is 0 Å². The third kappa shape index (κ3) is 4.69. The summed E-state index contributed by atoms with van der Waals surface area (Å²) >= 11 is 3.30. The van der Waals surface area contributed by atoms with Crippen molar-refractivity contribution in [2.45, 2.75) is 24.7 Å². The van der Waals surface area contributed by atoms with E-state index in [2.05, 4.69) is 31.7 Å². The zero-order chi connectivity index (χ0) is 24.6. The quantitative estimate of drug-likeness (QED) is 0.328. The molecule has 0 aliphatic carbocycles. The van der Waals surface area contributed by atoms with E-state index in [1.165, 1.54) is 19.2 Å². The maximum atomic E-state index is 13.9. The molecule has 0 unspecified atom stereocenters. The minimum absolute atomic E-state index is 0.0450. The summed E-state index contributed by atoms with van der Waals surface area (Å²) in [5.41, 5.74) is 0.196. The molecule has 1 aliphatic rings. The van der Waals surface area contributed by atoms with Gasteiger partial charge in [-0.2, -0.15) is 18.3 Å². The third-order valence-corrected chi connectivity index (χ3v) is 5.88. The van der Waals surface area contributed by atoms with E-state index in [9.17, 15) is 28.1 Å². The van der Waals surface area contributed by atoms with Crippen LogP contribution in [0.1, 0.15) is 34.4 Å². The molecule has 1 amide bonds. The first-order chi connectivity index (χ1) is 16.1. The Labute approximate surface area is 199 Å². The number of rotatable bonds is 5. The van der Waals surface area contributed by atoms with Crippen molar-refractivity contribution in [3.8, 4) is 5.75 Å². The summed E-state index contributed by atoms with van der Waals surface area (Å²) in [5, 5.41) is 20.4. The van der Waals surface area contributed by atoms with Gasteiger partial charge in [0.15, 0.2) is 6.04 Å². The number of fused-ring (bicyclic) bond motifs is 1. The average Bonchev–Trinajstić information content (AvgIpc) is 3.22. The lowest BCUT2D eigenvalue weighted by Crippen LogP contribution is -2.36. The molecule has 0 fully saturated rings. The van der Waals surface area contributed by atoms with Gasteiger partial charge in [0.25, 0.3) is 11.6 Å². The summed E-state index contributed by atoms with van der Waals surface area (Å²) in [6, 6.07) is 7.79. The zero-order valence-corrected chi connectivity index (χ0v) is 19.1. The normalized spacial score (nSPS) is 17.4. The van der Waals surface area contributed by atoms with Gasteiger partial charge in [0, 0.05) is 23.0 Å². The van der Waals surface area contributed by atoms with Crippen LogP contribution in [0.15, 0.2) is 53.1 Å². The number of nitrogens with zero attached hydrogens (tertiary/aromatic N) is 3. The van der Waals surface area contributed by atoms with Crippen molar-refractivity contribution in [1.82, 2.24) is 9.78 Å². The second-order valence-electron chi connectivity index (χ2n) is 7.52. The van der Waals surface area contributed by atoms with Gasteiger partial charge in [-0.1, -0.05) is 28.1 Å². The summed E-state index contributed by atoms with van der Waals surface area (Å²) in [7, 11) is 1.31. The standard InChI is InChI=1S/C21H17BrF3N5O4/c1-34-15-7-13(6-14(8-15)30(32)33)27-20(31)16-10-26-29-18(21(23,24)25)9-17(28-19(16)29)11-2-4-12(22)5-3-11/h2-8,10,17-18,28H,9H2,1H3,(H,27,31)/t17-,18-/m0/s1. The van der Waals surface area contributed by atoms with Crippen LogP contribution in [0, 0.1) is 10.1 Å². The highest BCUT2D eigenvalue weighted by Crippen LogP contribution is 2.44. The van der Waals surface area contributed by atoms with E-state index in [1.807, 2.05) is 0 Å². The van der Waals surface area contributed by atoms with Crippen LogP contribution in [0.4, 0.5) is 30.4 Å². The fourth-order valence-corrected chi connectivity index (χ4v) is 3.98. The number of carbonyl (C=O) groups is 1. The highest BCUT2D eigenvalue weighted by molar-refractivity contribution is 9.10. The fraction of sp³-hybridized carbons (Fsp3) is 0.238. The van der Waals surface area contributed by atoms with E-state index in [-0.39, 0.29) is 34.9 Å². The predicted molar refractivity (Wildman–Crippen MR) is 120 cm³/mol. The number of nitro benzene ring substituents is 1. The number of nitrogens with one attached hydrogen (secondary N) is 2. The van der Waals surface area contributed by atoms with Gasteiger partial charge in [0.05, 0.1) is 36.0 Å². The molecule has 0 saturated heterocycles. The number of benzene rings is 2. The SMILES string of the molecule is COc1cc(NC(=O)c2cnn3c2N[C@H](c2ccc(Br)cc2)C[C@H]3C(F)(F)F)cc([N+](=O)[O-])c1. The van der Waals surface area contributed by atoms with E-state index in [0.717, 1.165) is 21.4 Å². The number of carbonyl (C=O) groups excluding carboxylic acids is 1. The molecule has 178 valence electrons. The van der Waals surface area contributed by atoms with Gasteiger partial charge in [-0.3, -0.25) is 14.9 Å². The molecule has 0 radical (unpaired) electrons. The lowest BCUT2D eigenvalue weighted by molar-refractivity contribution is -0.384. The number of amides is 1. The molecule has 2 N–H and O–H groups in total. The van der Waals surface area contributed by atoms with Gasteiger partial charge in [0.1, 0.15) is 17.1 Å². The Balaban J connectivity index is 1.69. The maximum absolute atomic E-state index is 13.9. The third-order valence-electron chi connectivity index (χ3n) is 5.35. The van der Waals surface area contributed by atoms with E-state index >= 15 is 0 Å². The second kappa shape index (κ2) is 8.97. The molecule has 2 aromatic carbocycles. The van der Waals surface area contributed by atoms with E-state index in [0.29, 0.717) is 5.56 Å². The second-order valence-corrected chi connectivity index (χ2v) is 8.44. The Hall–Kier alpha value is -3.61. The minimum Gasteiger partial charge on any atom is -0.496 e. The molecule has 0 saturated carbocycles. The predicted octanol–water partition coefficient (Wildman–Crippen LogP) is 5.48. The Morgan fingerprint density at radius 3 is 2.62 bits per heavy atom. The molecule has 3 aromatic rings. The maximum Gasteiger partial charge on any atom is 0.410 e. The first kappa shape index (κ1) is 23.5. The smallest absolute Gasteiger partial charge is 0.410 e. The molecule has 0 bridgehead atoms. The Morgan fingerprint density at radius 2 is 2.00 bits per heavy atom. The summed E-state index contributed by atoms with van der Waals surface area (Å²) in [6.07, 6.45) is -3.88. The van der Waals surface area contributed by atoms with Crippen molar-refractivity contribution in [1.29, 1.82) is 0 Å². The summed E-state index contributed by atoms with van der Waals surface area (Å²) in [5.74, 6) is -0.753. The number of non-ortho nitro benzene ring substituents is 1. The van der Waals surface area contributed by atoms with Gasteiger partial charge in [-0.05, 0) is 17.7 Å². The lowest BCUT2D eigenvalue weighted by atomic mass is 9.96. The average molecular weight is 540 g/mol. The number of anilines is 2. The van der Waals surface area contributed by atoms with Crippen LogP contribution in [0.25, 0.3) is 0 Å². The number of nitro groups is 1. The van der Waals surface area contributed by atoms with Gasteiger partial charge in [-0.15, -0.1) is 0 Å². The molecule has 9 nitrogen and oxygen atoms in total. The molecule has 0 spiro atoms. The Kier molecular flexibility index (Phi) is 6.21. The number of aromatic nitrogens is 2. The minimum atomic E-state index is -4.60. The van der Waals surface area contributed by atoms with Crippen molar-refractivity contribution in [2.24, 2.45) is 0 Å². The van der Waals surface area contributed by atoms with Crippen LogP contribution in [0.2, 0.25) is 0 Å². The number of ether oxygens (including phenoxy) is 1. The molecule has 2 atom stereocenters. The molecular weight excluding hydrogens is 523 g/mol. The van der Waals surface area contributed by atoms with E-state index in [4.69, 9.17) is 4.74 Å².